The first-order valence-electron chi connectivity index (χ1n) is 6.93. The molecule has 0 saturated heterocycles. The van der Waals surface area contributed by atoms with Crippen LogP contribution in [0.15, 0.2) is 42.5 Å². The van der Waals surface area contributed by atoms with E-state index in [-0.39, 0.29) is 6.10 Å². The van der Waals surface area contributed by atoms with E-state index in [0.29, 0.717) is 6.04 Å². The average molecular weight is 251 g/mol. The van der Waals surface area contributed by atoms with Gasteiger partial charge in [0.1, 0.15) is 11.9 Å². The van der Waals surface area contributed by atoms with E-state index in [2.05, 4.69) is 54.7 Å². The van der Waals surface area contributed by atoms with Gasteiger partial charge < -0.3 is 10.1 Å². The van der Waals surface area contributed by atoms with Gasteiger partial charge in [0.2, 0.25) is 0 Å². The normalized spacial score (nSPS) is 23.4. The van der Waals surface area contributed by atoms with E-state index in [1.54, 1.807) is 0 Å². The van der Waals surface area contributed by atoms with Crippen molar-refractivity contribution in [2.45, 2.75) is 31.9 Å². The Morgan fingerprint density at radius 1 is 1.16 bits per heavy atom. The van der Waals surface area contributed by atoms with Gasteiger partial charge in [0, 0.05) is 0 Å². The molecule has 0 amide bonds. The van der Waals surface area contributed by atoms with Crippen LogP contribution in [-0.4, -0.2) is 6.04 Å². The van der Waals surface area contributed by atoms with Crippen molar-refractivity contribution in [1.82, 2.24) is 0 Å². The molecule has 0 bridgehead atoms. The lowest BCUT2D eigenvalue weighted by molar-refractivity contribution is 0.158. The summed E-state index contributed by atoms with van der Waals surface area (Å²) in [5.41, 5.74) is 5.15. The summed E-state index contributed by atoms with van der Waals surface area (Å²) >= 11 is 0. The van der Waals surface area contributed by atoms with E-state index < -0.39 is 0 Å². The van der Waals surface area contributed by atoms with Crippen LogP contribution in [0, 0.1) is 6.92 Å². The molecule has 1 aliphatic heterocycles. The van der Waals surface area contributed by atoms with Gasteiger partial charge in [-0.25, -0.2) is 0 Å². The quantitative estimate of drug-likeness (QED) is 0.767. The minimum absolute atomic E-state index is 0.152. The van der Waals surface area contributed by atoms with Crippen molar-refractivity contribution in [2.24, 2.45) is 0 Å². The molecular formula is C17H17NO. The molecule has 1 heterocycles. The summed E-state index contributed by atoms with van der Waals surface area (Å²) in [6.07, 6.45) is 2.42. The lowest BCUT2D eigenvalue weighted by atomic mass is 9.85. The number of benzene rings is 2. The maximum Gasteiger partial charge on any atom is 0.144 e. The summed E-state index contributed by atoms with van der Waals surface area (Å²) in [5.74, 6) is 0.984. The largest absolute Gasteiger partial charge is 0.481 e. The molecule has 0 spiro atoms. The van der Waals surface area contributed by atoms with Gasteiger partial charge in [-0.05, 0) is 48.6 Å². The highest BCUT2D eigenvalue weighted by molar-refractivity contribution is 5.61. The van der Waals surface area contributed by atoms with Gasteiger partial charge in [0.25, 0.3) is 0 Å². The minimum Gasteiger partial charge on any atom is -0.481 e. The molecule has 1 N–H and O–H groups in total. The summed E-state index contributed by atoms with van der Waals surface area (Å²) in [4.78, 5) is 0. The molecule has 19 heavy (non-hydrogen) atoms. The zero-order valence-electron chi connectivity index (χ0n) is 11.0. The van der Waals surface area contributed by atoms with E-state index in [4.69, 9.17) is 4.74 Å². The van der Waals surface area contributed by atoms with Crippen molar-refractivity contribution in [2.75, 3.05) is 5.32 Å². The van der Waals surface area contributed by atoms with Crippen molar-refractivity contribution < 1.29 is 4.74 Å². The van der Waals surface area contributed by atoms with Crippen LogP contribution in [0.4, 0.5) is 5.69 Å². The second-order valence-electron chi connectivity index (χ2n) is 5.53. The zero-order chi connectivity index (χ0) is 12.8. The maximum absolute atomic E-state index is 6.28. The third kappa shape index (κ3) is 1.71. The van der Waals surface area contributed by atoms with Crippen LogP contribution in [0.2, 0.25) is 0 Å². The molecule has 2 nitrogen and oxygen atoms in total. The summed E-state index contributed by atoms with van der Waals surface area (Å²) in [7, 11) is 0. The Morgan fingerprint density at radius 2 is 2.05 bits per heavy atom. The highest BCUT2D eigenvalue weighted by Gasteiger charge is 2.34. The molecule has 2 atom stereocenters. The maximum atomic E-state index is 6.28. The summed E-state index contributed by atoms with van der Waals surface area (Å²) < 4.78 is 6.28. The van der Waals surface area contributed by atoms with Crippen molar-refractivity contribution in [3.63, 3.8) is 0 Å². The van der Waals surface area contributed by atoms with Gasteiger partial charge in [-0.2, -0.15) is 0 Å². The highest BCUT2D eigenvalue weighted by Crippen LogP contribution is 2.42. The monoisotopic (exact) mass is 251 g/mol. The lowest BCUT2D eigenvalue weighted by Crippen LogP contribution is -2.38. The van der Waals surface area contributed by atoms with Crippen molar-refractivity contribution >= 4 is 5.69 Å². The van der Waals surface area contributed by atoms with Gasteiger partial charge in [-0.3, -0.25) is 0 Å². The number of rotatable bonds is 0. The van der Waals surface area contributed by atoms with Crippen molar-refractivity contribution in [1.29, 1.82) is 0 Å². The second-order valence-corrected chi connectivity index (χ2v) is 5.53. The third-order valence-electron chi connectivity index (χ3n) is 4.18. The molecule has 0 fully saturated rings. The van der Waals surface area contributed by atoms with Crippen molar-refractivity contribution in [3.05, 3.63) is 59.2 Å². The standard InChI is InChI=1S/C17H17NO/c1-11-6-8-14-16(10-11)19-17-13-5-3-2-4-12(13)7-9-15(17)18-14/h2-6,8,10,15,17-18H,7,9H2,1H3. The number of hydrogen-bond acceptors (Lipinski definition) is 2. The fourth-order valence-corrected chi connectivity index (χ4v) is 3.19. The van der Waals surface area contributed by atoms with Crippen LogP contribution in [0.25, 0.3) is 0 Å². The topological polar surface area (TPSA) is 21.3 Å². The van der Waals surface area contributed by atoms with Crippen molar-refractivity contribution in [3.8, 4) is 5.75 Å². The fraction of sp³-hybridized carbons (Fsp3) is 0.294. The molecule has 1 aliphatic carbocycles. The van der Waals surface area contributed by atoms with Crippen LogP contribution >= 0.6 is 0 Å². The number of hydrogen-bond donors (Lipinski definition) is 1. The predicted molar refractivity (Wildman–Crippen MR) is 76.7 cm³/mol. The number of nitrogens with one attached hydrogen (secondary N) is 1. The number of fused-ring (bicyclic) bond motifs is 4. The first-order chi connectivity index (χ1) is 9.31. The molecule has 4 rings (SSSR count). The SMILES string of the molecule is Cc1ccc2c(c1)OC1c3ccccc3CCC1N2. The van der Waals surface area contributed by atoms with Gasteiger partial charge in [-0.1, -0.05) is 30.3 Å². The predicted octanol–water partition coefficient (Wildman–Crippen LogP) is 3.86. The fourth-order valence-electron chi connectivity index (χ4n) is 3.19. The molecular weight excluding hydrogens is 234 g/mol. The van der Waals surface area contributed by atoms with Gasteiger partial charge in [-0.15, -0.1) is 0 Å². The average Bonchev–Trinajstić information content (AvgIpc) is 2.45. The molecule has 2 aromatic carbocycles. The van der Waals surface area contributed by atoms with E-state index in [1.165, 1.54) is 16.7 Å². The lowest BCUT2D eigenvalue weighted by Gasteiger charge is -2.39. The molecule has 96 valence electrons. The smallest absolute Gasteiger partial charge is 0.144 e. The van der Waals surface area contributed by atoms with Gasteiger partial charge in [0.05, 0.1) is 11.7 Å². The van der Waals surface area contributed by atoms with Crippen LogP contribution in [-0.2, 0) is 6.42 Å². The number of ether oxygens (including phenoxy) is 1. The third-order valence-corrected chi connectivity index (χ3v) is 4.18. The van der Waals surface area contributed by atoms with Crippen LogP contribution < -0.4 is 10.1 Å². The number of aryl methyl sites for hydroxylation is 2. The summed E-state index contributed by atoms with van der Waals surface area (Å²) in [5, 5.41) is 3.64. The van der Waals surface area contributed by atoms with Crippen LogP contribution in [0.3, 0.4) is 0 Å². The molecule has 0 radical (unpaired) electrons. The van der Waals surface area contributed by atoms with Crippen LogP contribution in [0.1, 0.15) is 29.2 Å². The van der Waals surface area contributed by atoms with E-state index in [0.717, 1.165) is 24.3 Å². The van der Waals surface area contributed by atoms with E-state index in [1.807, 2.05) is 0 Å². The molecule has 2 aliphatic rings. The van der Waals surface area contributed by atoms with E-state index in [9.17, 15) is 0 Å². The Hall–Kier alpha value is -1.96. The van der Waals surface area contributed by atoms with E-state index >= 15 is 0 Å². The first-order valence-corrected chi connectivity index (χ1v) is 6.93. The Morgan fingerprint density at radius 3 is 3.00 bits per heavy atom. The zero-order valence-corrected chi connectivity index (χ0v) is 11.0. The Kier molecular flexibility index (Phi) is 2.31. The van der Waals surface area contributed by atoms with Crippen LogP contribution in [0.5, 0.6) is 5.75 Å². The molecule has 2 unspecified atom stereocenters. The second kappa shape index (κ2) is 4.02. The minimum atomic E-state index is 0.152. The summed E-state index contributed by atoms with van der Waals surface area (Å²) in [6.45, 7) is 2.10. The molecule has 0 saturated carbocycles. The van der Waals surface area contributed by atoms with Gasteiger partial charge in [0.15, 0.2) is 0 Å². The van der Waals surface area contributed by atoms with Gasteiger partial charge >= 0.3 is 0 Å². The highest BCUT2D eigenvalue weighted by atomic mass is 16.5. The Bertz CT molecular complexity index is 635. The molecule has 0 aromatic heterocycles. The summed E-state index contributed by atoms with van der Waals surface area (Å²) in [6, 6.07) is 15.4. The Labute approximate surface area is 113 Å². The molecule has 2 heteroatoms. The molecule has 2 aromatic rings. The number of anilines is 1. The first kappa shape index (κ1) is 10.9. The Balaban J connectivity index is 1.78.